The first-order valence-corrected chi connectivity index (χ1v) is 6.56. The molecule has 20 heavy (non-hydrogen) atoms. The van der Waals surface area contributed by atoms with E-state index in [9.17, 15) is 8.78 Å². The van der Waals surface area contributed by atoms with Crippen molar-refractivity contribution in [2.75, 3.05) is 11.4 Å². The molecule has 0 aromatic heterocycles. The van der Waals surface area contributed by atoms with E-state index >= 15 is 0 Å². The van der Waals surface area contributed by atoms with Gasteiger partial charge in [0.15, 0.2) is 0 Å². The van der Waals surface area contributed by atoms with Gasteiger partial charge in [0.1, 0.15) is 16.6 Å². The number of anilines is 2. The summed E-state index contributed by atoms with van der Waals surface area (Å²) in [6.45, 7) is 2.37. The molecule has 0 amide bonds. The van der Waals surface area contributed by atoms with Gasteiger partial charge in [0.25, 0.3) is 0 Å². The van der Waals surface area contributed by atoms with Gasteiger partial charge in [0, 0.05) is 17.8 Å². The highest BCUT2D eigenvalue weighted by atomic mass is 32.1. The summed E-state index contributed by atoms with van der Waals surface area (Å²) in [5.74, 6) is -0.863. The zero-order valence-electron chi connectivity index (χ0n) is 10.9. The zero-order chi connectivity index (χ0) is 14.7. The predicted octanol–water partition coefficient (Wildman–Crippen LogP) is 3.76. The number of benzene rings is 2. The second-order valence-corrected chi connectivity index (χ2v) is 4.66. The van der Waals surface area contributed by atoms with E-state index in [1.54, 1.807) is 29.2 Å². The van der Waals surface area contributed by atoms with Gasteiger partial charge in [-0.25, -0.2) is 8.78 Å². The molecule has 0 saturated carbocycles. The molecule has 0 atom stereocenters. The van der Waals surface area contributed by atoms with Gasteiger partial charge in [-0.3, -0.25) is 0 Å². The van der Waals surface area contributed by atoms with Gasteiger partial charge in [-0.15, -0.1) is 0 Å². The molecule has 0 saturated heterocycles. The van der Waals surface area contributed by atoms with Crippen molar-refractivity contribution >= 4 is 28.6 Å². The van der Waals surface area contributed by atoms with Crippen LogP contribution in [0.25, 0.3) is 0 Å². The number of hydrogen-bond donors (Lipinski definition) is 1. The highest BCUT2D eigenvalue weighted by Gasteiger charge is 2.14. The summed E-state index contributed by atoms with van der Waals surface area (Å²) >= 11 is 4.77. The molecule has 5 heteroatoms. The molecule has 2 aromatic carbocycles. The number of para-hydroxylation sites is 1. The molecule has 0 radical (unpaired) electrons. The fraction of sp³-hybridized carbons (Fsp3) is 0.133. The van der Waals surface area contributed by atoms with Crippen LogP contribution in [-0.2, 0) is 0 Å². The molecule has 0 fully saturated rings. The molecular formula is C15H14F2N2S. The van der Waals surface area contributed by atoms with Crippen molar-refractivity contribution in [1.29, 1.82) is 0 Å². The molecule has 2 rings (SSSR count). The minimum absolute atomic E-state index is 0.00277. The summed E-state index contributed by atoms with van der Waals surface area (Å²) in [5.41, 5.74) is 6.57. The standard InChI is InChI=1S/C15H14F2N2S/c1-2-19(14-6-4-3-5-12(14)16)10-7-8-11(15(18)20)13(17)9-10/h3-9H,2H2,1H3,(H2,18,20). The number of halogens is 2. The van der Waals surface area contributed by atoms with E-state index in [0.717, 1.165) is 0 Å². The molecule has 2 aromatic rings. The van der Waals surface area contributed by atoms with E-state index in [1.165, 1.54) is 18.2 Å². The Kier molecular flexibility index (Phi) is 4.29. The zero-order valence-corrected chi connectivity index (χ0v) is 11.8. The van der Waals surface area contributed by atoms with Crippen molar-refractivity contribution in [3.63, 3.8) is 0 Å². The molecule has 0 aliphatic heterocycles. The normalized spacial score (nSPS) is 10.3. The molecule has 2 nitrogen and oxygen atoms in total. The topological polar surface area (TPSA) is 29.3 Å². The molecule has 104 valence electrons. The van der Waals surface area contributed by atoms with Crippen molar-refractivity contribution in [3.05, 3.63) is 59.7 Å². The lowest BCUT2D eigenvalue weighted by atomic mass is 10.1. The Morgan fingerprint density at radius 1 is 1.15 bits per heavy atom. The summed E-state index contributed by atoms with van der Waals surface area (Å²) in [4.78, 5) is 1.69. The Bertz CT molecular complexity index is 644. The third kappa shape index (κ3) is 2.77. The fourth-order valence-electron chi connectivity index (χ4n) is 2.03. The largest absolute Gasteiger partial charge is 0.389 e. The summed E-state index contributed by atoms with van der Waals surface area (Å²) in [6, 6.07) is 10.9. The van der Waals surface area contributed by atoms with E-state index in [2.05, 4.69) is 0 Å². The van der Waals surface area contributed by atoms with Crippen molar-refractivity contribution < 1.29 is 8.78 Å². The van der Waals surface area contributed by atoms with E-state index in [4.69, 9.17) is 18.0 Å². The van der Waals surface area contributed by atoms with Crippen LogP contribution >= 0.6 is 12.2 Å². The Morgan fingerprint density at radius 3 is 2.40 bits per heavy atom. The van der Waals surface area contributed by atoms with Crippen molar-refractivity contribution in [2.45, 2.75) is 6.92 Å². The van der Waals surface area contributed by atoms with Crippen LogP contribution in [0.15, 0.2) is 42.5 Å². The third-order valence-corrected chi connectivity index (χ3v) is 3.21. The van der Waals surface area contributed by atoms with Crippen LogP contribution < -0.4 is 10.6 Å². The second-order valence-electron chi connectivity index (χ2n) is 4.22. The van der Waals surface area contributed by atoms with E-state index in [-0.39, 0.29) is 16.4 Å². The van der Waals surface area contributed by atoms with Crippen LogP contribution in [0.2, 0.25) is 0 Å². The molecule has 2 N–H and O–H groups in total. The van der Waals surface area contributed by atoms with Crippen molar-refractivity contribution in [1.82, 2.24) is 0 Å². The van der Waals surface area contributed by atoms with E-state index in [1.807, 2.05) is 6.92 Å². The number of hydrogen-bond acceptors (Lipinski definition) is 2. The van der Waals surface area contributed by atoms with Crippen LogP contribution in [0.3, 0.4) is 0 Å². The smallest absolute Gasteiger partial charge is 0.146 e. The number of thiocarbonyl (C=S) groups is 1. The quantitative estimate of drug-likeness (QED) is 0.870. The highest BCUT2D eigenvalue weighted by molar-refractivity contribution is 7.80. The predicted molar refractivity (Wildman–Crippen MR) is 81.4 cm³/mol. The minimum Gasteiger partial charge on any atom is -0.389 e. The Balaban J connectivity index is 2.46. The number of rotatable bonds is 4. The SMILES string of the molecule is CCN(c1ccc(C(N)=S)c(F)c1)c1ccccc1F. The molecular weight excluding hydrogens is 278 g/mol. The van der Waals surface area contributed by atoms with Crippen LogP contribution in [-0.4, -0.2) is 11.5 Å². The molecule has 0 bridgehead atoms. The first-order chi connectivity index (χ1) is 9.54. The van der Waals surface area contributed by atoms with Gasteiger partial charge in [0.2, 0.25) is 0 Å². The summed E-state index contributed by atoms with van der Waals surface area (Å²) < 4.78 is 27.8. The van der Waals surface area contributed by atoms with Crippen LogP contribution in [0.4, 0.5) is 20.2 Å². The maximum Gasteiger partial charge on any atom is 0.146 e. The Labute approximate surface area is 121 Å². The second kappa shape index (κ2) is 5.96. The maximum absolute atomic E-state index is 13.9. The minimum atomic E-state index is -0.509. The summed E-state index contributed by atoms with van der Waals surface area (Å²) in [7, 11) is 0. The van der Waals surface area contributed by atoms with Gasteiger partial charge in [-0.05, 0) is 37.3 Å². The van der Waals surface area contributed by atoms with Gasteiger partial charge < -0.3 is 10.6 Å². The van der Waals surface area contributed by atoms with Crippen molar-refractivity contribution in [2.24, 2.45) is 5.73 Å². The van der Waals surface area contributed by atoms with Crippen LogP contribution in [0, 0.1) is 11.6 Å². The number of nitrogens with zero attached hydrogens (tertiary/aromatic N) is 1. The number of nitrogens with two attached hydrogens (primary N) is 1. The lowest BCUT2D eigenvalue weighted by Gasteiger charge is -2.24. The average Bonchev–Trinajstić information content (AvgIpc) is 2.41. The van der Waals surface area contributed by atoms with Gasteiger partial charge in [-0.1, -0.05) is 24.4 Å². The molecule has 0 aliphatic rings. The van der Waals surface area contributed by atoms with Gasteiger partial charge >= 0.3 is 0 Å². The fourth-order valence-corrected chi connectivity index (χ4v) is 2.20. The van der Waals surface area contributed by atoms with E-state index < -0.39 is 5.82 Å². The maximum atomic E-state index is 13.9. The lowest BCUT2D eigenvalue weighted by molar-refractivity contribution is 0.620. The van der Waals surface area contributed by atoms with E-state index in [0.29, 0.717) is 17.9 Å². The van der Waals surface area contributed by atoms with Gasteiger partial charge in [0.05, 0.1) is 5.69 Å². The lowest BCUT2D eigenvalue weighted by Crippen LogP contribution is -2.18. The molecule has 0 unspecified atom stereocenters. The monoisotopic (exact) mass is 292 g/mol. The average molecular weight is 292 g/mol. The van der Waals surface area contributed by atoms with Gasteiger partial charge in [-0.2, -0.15) is 0 Å². The van der Waals surface area contributed by atoms with Crippen molar-refractivity contribution in [3.8, 4) is 0 Å². The molecule has 0 aliphatic carbocycles. The summed E-state index contributed by atoms with van der Waals surface area (Å²) in [5, 5.41) is 0. The first kappa shape index (κ1) is 14.4. The molecule has 0 heterocycles. The Hall–Kier alpha value is -2.01. The van der Waals surface area contributed by atoms with Crippen LogP contribution in [0.1, 0.15) is 12.5 Å². The summed E-state index contributed by atoms with van der Waals surface area (Å²) in [6.07, 6.45) is 0. The van der Waals surface area contributed by atoms with Crippen LogP contribution in [0.5, 0.6) is 0 Å². The molecule has 0 spiro atoms. The highest BCUT2D eigenvalue weighted by Crippen LogP contribution is 2.28. The first-order valence-electron chi connectivity index (χ1n) is 6.16. The third-order valence-electron chi connectivity index (χ3n) is 2.99. The Morgan fingerprint density at radius 2 is 1.85 bits per heavy atom.